The Morgan fingerprint density at radius 3 is 2.56 bits per heavy atom. The maximum absolute atomic E-state index is 12.1. The monoisotopic (exact) mass is 458 g/mol. The molecule has 2 N–H and O–H groups in total. The van der Waals surface area contributed by atoms with Crippen molar-refractivity contribution in [2.45, 2.75) is 39.2 Å². The van der Waals surface area contributed by atoms with Crippen molar-refractivity contribution in [1.82, 2.24) is 15.5 Å². The molecule has 0 bridgehead atoms. The first-order valence-electron chi connectivity index (χ1n) is 8.82. The molecule has 1 heterocycles. The second-order valence-corrected chi connectivity index (χ2v) is 6.83. The highest BCUT2D eigenvalue weighted by atomic mass is 127. The number of guanidine groups is 1. The Morgan fingerprint density at radius 1 is 1.28 bits per heavy atom. The average molecular weight is 458 g/mol. The summed E-state index contributed by atoms with van der Waals surface area (Å²) in [7, 11) is 1.79. The maximum atomic E-state index is 12.1. The average Bonchev–Trinajstić information content (AvgIpc) is 3.06. The van der Waals surface area contributed by atoms with Gasteiger partial charge in [-0.2, -0.15) is 0 Å². The summed E-state index contributed by atoms with van der Waals surface area (Å²) in [4.78, 5) is 18.3. The Kier molecular flexibility index (Phi) is 9.24. The quantitative estimate of drug-likeness (QED) is 0.406. The maximum Gasteiger partial charge on any atom is 0.225 e. The smallest absolute Gasteiger partial charge is 0.225 e. The van der Waals surface area contributed by atoms with E-state index in [0.717, 1.165) is 32.0 Å². The first-order valence-corrected chi connectivity index (χ1v) is 8.82. The lowest BCUT2D eigenvalue weighted by Crippen LogP contribution is -2.46. The summed E-state index contributed by atoms with van der Waals surface area (Å²) in [5.74, 6) is 1.52. The van der Waals surface area contributed by atoms with Gasteiger partial charge in [0.1, 0.15) is 0 Å². The van der Waals surface area contributed by atoms with Gasteiger partial charge in [-0.1, -0.05) is 51.1 Å². The number of carbonyl (C=O) groups excluding carboxylic acids is 1. The van der Waals surface area contributed by atoms with Crippen molar-refractivity contribution < 1.29 is 4.79 Å². The van der Waals surface area contributed by atoms with E-state index in [1.807, 2.05) is 24.8 Å². The zero-order valence-corrected chi connectivity index (χ0v) is 18.0. The van der Waals surface area contributed by atoms with Crippen LogP contribution in [0.4, 0.5) is 0 Å². The number of likely N-dealkylation sites (tertiary alicyclic amines) is 1. The van der Waals surface area contributed by atoms with Crippen LogP contribution in [0.25, 0.3) is 0 Å². The van der Waals surface area contributed by atoms with Crippen LogP contribution in [0.15, 0.2) is 35.3 Å². The summed E-state index contributed by atoms with van der Waals surface area (Å²) in [6, 6.07) is 10.7. The zero-order chi connectivity index (χ0) is 17.5. The zero-order valence-electron chi connectivity index (χ0n) is 15.7. The van der Waals surface area contributed by atoms with Crippen LogP contribution >= 0.6 is 24.0 Å². The Labute approximate surface area is 168 Å². The van der Waals surface area contributed by atoms with E-state index in [1.54, 1.807) is 7.05 Å². The van der Waals surface area contributed by atoms with Gasteiger partial charge >= 0.3 is 0 Å². The van der Waals surface area contributed by atoms with Gasteiger partial charge in [0.05, 0.1) is 0 Å². The van der Waals surface area contributed by atoms with Crippen molar-refractivity contribution in [3.05, 3.63) is 35.9 Å². The number of rotatable bonds is 5. The van der Waals surface area contributed by atoms with Gasteiger partial charge in [0.25, 0.3) is 0 Å². The van der Waals surface area contributed by atoms with Crippen LogP contribution < -0.4 is 10.6 Å². The van der Waals surface area contributed by atoms with Gasteiger partial charge in [0, 0.05) is 38.6 Å². The van der Waals surface area contributed by atoms with E-state index < -0.39 is 0 Å². The van der Waals surface area contributed by atoms with E-state index in [4.69, 9.17) is 0 Å². The minimum Gasteiger partial charge on any atom is -0.356 e. The van der Waals surface area contributed by atoms with Gasteiger partial charge in [-0.3, -0.25) is 9.79 Å². The SMILES string of the molecule is CN=C(NCC(C)c1ccccc1)NC1CCN(C(=O)C(C)C)C1.I. The number of carbonyl (C=O) groups is 1. The van der Waals surface area contributed by atoms with E-state index in [9.17, 15) is 4.79 Å². The van der Waals surface area contributed by atoms with Crippen molar-refractivity contribution in [3.63, 3.8) is 0 Å². The molecule has 2 unspecified atom stereocenters. The molecule has 1 aromatic carbocycles. The normalized spacial score (nSPS) is 18.7. The summed E-state index contributed by atoms with van der Waals surface area (Å²) in [5.41, 5.74) is 1.31. The van der Waals surface area contributed by atoms with Crippen LogP contribution in [0.1, 0.15) is 38.7 Å². The molecule has 2 rings (SSSR count). The molecule has 1 amide bonds. The second-order valence-electron chi connectivity index (χ2n) is 6.83. The number of halogens is 1. The molecule has 0 spiro atoms. The lowest BCUT2D eigenvalue weighted by molar-refractivity contribution is -0.133. The van der Waals surface area contributed by atoms with E-state index in [1.165, 1.54) is 5.56 Å². The molecule has 2 atom stereocenters. The number of nitrogens with one attached hydrogen (secondary N) is 2. The fourth-order valence-electron chi connectivity index (χ4n) is 2.98. The number of amides is 1. The fraction of sp³-hybridized carbons (Fsp3) is 0.579. The van der Waals surface area contributed by atoms with Crippen LogP contribution in [0.5, 0.6) is 0 Å². The molecule has 0 aromatic heterocycles. The number of benzene rings is 1. The number of aliphatic imine (C=N–C) groups is 1. The first-order chi connectivity index (χ1) is 11.5. The highest BCUT2D eigenvalue weighted by Gasteiger charge is 2.27. The molecule has 0 aliphatic carbocycles. The third kappa shape index (κ3) is 6.49. The van der Waals surface area contributed by atoms with Crippen molar-refractivity contribution in [1.29, 1.82) is 0 Å². The molecular formula is C19H31IN4O. The van der Waals surface area contributed by atoms with Crippen LogP contribution in [0, 0.1) is 5.92 Å². The molecule has 1 aromatic rings. The highest BCUT2D eigenvalue weighted by molar-refractivity contribution is 14.0. The van der Waals surface area contributed by atoms with Crippen LogP contribution in [0.3, 0.4) is 0 Å². The van der Waals surface area contributed by atoms with E-state index in [-0.39, 0.29) is 41.8 Å². The van der Waals surface area contributed by atoms with Crippen molar-refractivity contribution in [2.75, 3.05) is 26.7 Å². The molecule has 1 aliphatic heterocycles. The topological polar surface area (TPSA) is 56.7 Å². The van der Waals surface area contributed by atoms with Crippen LogP contribution in [-0.4, -0.2) is 49.5 Å². The van der Waals surface area contributed by atoms with Gasteiger partial charge in [0.15, 0.2) is 5.96 Å². The Bertz CT molecular complexity index is 562. The summed E-state index contributed by atoms with van der Waals surface area (Å²) >= 11 is 0. The molecule has 1 saturated heterocycles. The van der Waals surface area contributed by atoms with E-state index >= 15 is 0 Å². The molecule has 0 saturated carbocycles. The predicted molar refractivity (Wildman–Crippen MR) is 115 cm³/mol. The lowest BCUT2D eigenvalue weighted by Gasteiger charge is -2.21. The Balaban J connectivity index is 0.00000312. The lowest BCUT2D eigenvalue weighted by atomic mass is 10.0. The standard InChI is InChI=1S/C19H30N4O.HI/c1-14(2)18(24)23-11-10-17(13-23)22-19(20-4)21-12-15(3)16-8-6-5-7-9-16;/h5-9,14-15,17H,10-13H2,1-4H3,(H2,20,21,22);1H. The van der Waals surface area contributed by atoms with E-state index in [0.29, 0.717) is 5.92 Å². The van der Waals surface area contributed by atoms with Gasteiger partial charge in [0.2, 0.25) is 5.91 Å². The summed E-state index contributed by atoms with van der Waals surface area (Å²) in [6.07, 6.45) is 0.966. The third-order valence-electron chi connectivity index (χ3n) is 4.50. The molecule has 6 heteroatoms. The minimum absolute atomic E-state index is 0. The van der Waals surface area contributed by atoms with E-state index in [2.05, 4.69) is 46.8 Å². The minimum atomic E-state index is 0. The first kappa shape index (κ1) is 21.7. The highest BCUT2D eigenvalue weighted by Crippen LogP contribution is 2.14. The van der Waals surface area contributed by atoms with Crippen LogP contribution in [-0.2, 0) is 4.79 Å². The Hall–Kier alpha value is -1.31. The number of hydrogen-bond donors (Lipinski definition) is 2. The van der Waals surface area contributed by atoms with Crippen molar-refractivity contribution in [2.24, 2.45) is 10.9 Å². The Morgan fingerprint density at radius 2 is 1.96 bits per heavy atom. The molecule has 0 radical (unpaired) electrons. The fourth-order valence-corrected chi connectivity index (χ4v) is 2.98. The second kappa shape index (κ2) is 10.6. The van der Waals surface area contributed by atoms with Crippen molar-refractivity contribution >= 4 is 35.8 Å². The summed E-state index contributed by atoms with van der Waals surface area (Å²) in [6.45, 7) is 8.51. The third-order valence-corrected chi connectivity index (χ3v) is 4.50. The number of nitrogens with zero attached hydrogens (tertiary/aromatic N) is 2. The molecule has 5 nitrogen and oxygen atoms in total. The van der Waals surface area contributed by atoms with Gasteiger partial charge < -0.3 is 15.5 Å². The van der Waals surface area contributed by atoms with Gasteiger partial charge in [-0.05, 0) is 17.9 Å². The number of hydrogen-bond acceptors (Lipinski definition) is 2. The van der Waals surface area contributed by atoms with Crippen molar-refractivity contribution in [3.8, 4) is 0 Å². The van der Waals surface area contributed by atoms with Gasteiger partial charge in [-0.15, -0.1) is 24.0 Å². The molecule has 1 fully saturated rings. The van der Waals surface area contributed by atoms with Crippen LogP contribution in [0.2, 0.25) is 0 Å². The molecule has 140 valence electrons. The molecule has 25 heavy (non-hydrogen) atoms. The molecular weight excluding hydrogens is 427 g/mol. The summed E-state index contributed by atoms with van der Waals surface area (Å²) < 4.78 is 0. The molecule has 1 aliphatic rings. The largest absolute Gasteiger partial charge is 0.356 e. The predicted octanol–water partition coefficient (Wildman–Crippen LogP) is 2.83. The summed E-state index contributed by atoms with van der Waals surface area (Å²) in [5, 5.41) is 6.84. The van der Waals surface area contributed by atoms with Gasteiger partial charge in [-0.25, -0.2) is 0 Å².